The molecule has 0 atom stereocenters. The first-order valence-electron chi connectivity index (χ1n) is 6.35. The molecule has 1 aromatic rings. The molecule has 9 heteroatoms. The lowest BCUT2D eigenvalue weighted by Gasteiger charge is -2.34. The van der Waals surface area contributed by atoms with E-state index in [0.717, 1.165) is 0 Å². The highest BCUT2D eigenvalue weighted by molar-refractivity contribution is 7.88. The molecule has 0 bridgehead atoms. The summed E-state index contributed by atoms with van der Waals surface area (Å²) in [5.41, 5.74) is 0.441. The molecule has 0 aliphatic carbocycles. The number of methoxy groups -OCH3 is 1. The maximum absolute atomic E-state index is 11.5. The van der Waals surface area contributed by atoms with E-state index in [4.69, 9.17) is 4.74 Å². The Morgan fingerprint density at radius 2 is 1.86 bits per heavy atom. The van der Waals surface area contributed by atoms with Crippen molar-refractivity contribution in [2.45, 2.75) is 0 Å². The van der Waals surface area contributed by atoms with E-state index in [1.54, 1.807) is 12.1 Å². The molecule has 0 aromatic heterocycles. The van der Waals surface area contributed by atoms with Gasteiger partial charge in [0.15, 0.2) is 0 Å². The summed E-state index contributed by atoms with van der Waals surface area (Å²) in [7, 11) is -1.77. The lowest BCUT2D eigenvalue weighted by molar-refractivity contribution is -0.384. The standard InChI is InChI=1S/C12H17N3O5S/c1-20-10-3-4-11(12(9-10)15(16)17)13-5-7-14(8-6-13)21(2,18)19/h3-4,9H,5-8H2,1-2H3. The molecule has 2 rings (SSSR count). The van der Waals surface area contributed by atoms with Crippen LogP contribution in [0.3, 0.4) is 0 Å². The largest absolute Gasteiger partial charge is 0.496 e. The third-order valence-electron chi connectivity index (χ3n) is 3.43. The maximum atomic E-state index is 11.5. The number of rotatable bonds is 4. The summed E-state index contributed by atoms with van der Waals surface area (Å²) in [6, 6.07) is 4.66. The summed E-state index contributed by atoms with van der Waals surface area (Å²) in [6.07, 6.45) is 1.17. The van der Waals surface area contributed by atoms with Gasteiger partial charge in [-0.2, -0.15) is 4.31 Å². The van der Waals surface area contributed by atoms with Crippen molar-refractivity contribution < 1.29 is 18.1 Å². The highest BCUT2D eigenvalue weighted by Gasteiger charge is 2.27. The van der Waals surface area contributed by atoms with Gasteiger partial charge in [-0.15, -0.1) is 0 Å². The Kier molecular flexibility index (Phi) is 4.33. The summed E-state index contributed by atoms with van der Waals surface area (Å²) in [6.45, 7) is 1.48. The fourth-order valence-electron chi connectivity index (χ4n) is 2.30. The average Bonchev–Trinajstić information content (AvgIpc) is 2.45. The Morgan fingerprint density at radius 1 is 1.24 bits per heavy atom. The monoisotopic (exact) mass is 315 g/mol. The van der Waals surface area contributed by atoms with Crippen LogP contribution in [0, 0.1) is 10.1 Å². The summed E-state index contributed by atoms with van der Waals surface area (Å²) in [5.74, 6) is 0.417. The van der Waals surface area contributed by atoms with Gasteiger partial charge in [-0.3, -0.25) is 10.1 Å². The van der Waals surface area contributed by atoms with Crippen LogP contribution in [0.2, 0.25) is 0 Å². The minimum Gasteiger partial charge on any atom is -0.496 e. The van der Waals surface area contributed by atoms with Crippen molar-refractivity contribution in [1.82, 2.24) is 4.31 Å². The molecule has 0 radical (unpaired) electrons. The smallest absolute Gasteiger partial charge is 0.296 e. The number of benzene rings is 1. The first kappa shape index (κ1) is 15.5. The molecule has 0 amide bonds. The number of piperazine rings is 1. The highest BCUT2D eigenvalue weighted by Crippen LogP contribution is 2.32. The van der Waals surface area contributed by atoms with Gasteiger partial charge in [0.2, 0.25) is 10.0 Å². The zero-order chi connectivity index (χ0) is 15.6. The molecule has 1 aliphatic heterocycles. The predicted octanol–water partition coefficient (Wildman–Crippen LogP) is 0.685. The normalized spacial score (nSPS) is 16.8. The second kappa shape index (κ2) is 5.86. The molecule has 116 valence electrons. The zero-order valence-corrected chi connectivity index (χ0v) is 12.7. The van der Waals surface area contributed by atoms with Gasteiger partial charge in [0, 0.05) is 26.2 Å². The van der Waals surface area contributed by atoms with Gasteiger partial charge in [0.1, 0.15) is 11.4 Å². The van der Waals surface area contributed by atoms with Crippen LogP contribution in [-0.2, 0) is 10.0 Å². The van der Waals surface area contributed by atoms with Crippen molar-refractivity contribution in [3.63, 3.8) is 0 Å². The third-order valence-corrected chi connectivity index (χ3v) is 4.73. The average molecular weight is 315 g/mol. The van der Waals surface area contributed by atoms with Gasteiger partial charge in [-0.05, 0) is 12.1 Å². The van der Waals surface area contributed by atoms with Crippen LogP contribution in [-0.4, -0.2) is 57.2 Å². The molecule has 1 aromatic carbocycles. The van der Waals surface area contributed by atoms with Crippen LogP contribution < -0.4 is 9.64 Å². The van der Waals surface area contributed by atoms with Crippen LogP contribution in [0.5, 0.6) is 5.75 Å². The minimum atomic E-state index is -3.22. The zero-order valence-electron chi connectivity index (χ0n) is 11.9. The van der Waals surface area contributed by atoms with Crippen molar-refractivity contribution in [2.24, 2.45) is 0 Å². The molecule has 8 nitrogen and oxygen atoms in total. The molecule has 0 N–H and O–H groups in total. The van der Waals surface area contributed by atoms with Crippen molar-refractivity contribution in [3.8, 4) is 5.75 Å². The number of anilines is 1. The van der Waals surface area contributed by atoms with Gasteiger partial charge < -0.3 is 9.64 Å². The van der Waals surface area contributed by atoms with E-state index in [-0.39, 0.29) is 5.69 Å². The van der Waals surface area contributed by atoms with Crippen molar-refractivity contribution in [1.29, 1.82) is 0 Å². The quantitative estimate of drug-likeness (QED) is 0.599. The molecule has 1 aliphatic rings. The van der Waals surface area contributed by atoms with Gasteiger partial charge in [0.25, 0.3) is 5.69 Å². The van der Waals surface area contributed by atoms with Crippen molar-refractivity contribution in [2.75, 3.05) is 44.4 Å². The van der Waals surface area contributed by atoms with Crippen molar-refractivity contribution in [3.05, 3.63) is 28.3 Å². The molecule has 0 saturated carbocycles. The topological polar surface area (TPSA) is 93.0 Å². The Morgan fingerprint density at radius 3 is 2.33 bits per heavy atom. The van der Waals surface area contributed by atoms with Gasteiger partial charge in [-0.25, -0.2) is 8.42 Å². The molecule has 0 spiro atoms. The lowest BCUT2D eigenvalue weighted by Crippen LogP contribution is -2.48. The minimum absolute atomic E-state index is 0.0397. The number of hydrogen-bond acceptors (Lipinski definition) is 6. The molecule has 0 unspecified atom stereocenters. The molecule has 1 saturated heterocycles. The van der Waals surface area contributed by atoms with E-state index in [1.807, 2.05) is 4.90 Å². The maximum Gasteiger partial charge on any atom is 0.296 e. The van der Waals surface area contributed by atoms with Crippen LogP contribution >= 0.6 is 0 Å². The third kappa shape index (κ3) is 3.42. The van der Waals surface area contributed by atoms with Crippen LogP contribution in [0.25, 0.3) is 0 Å². The Hall–Kier alpha value is -1.87. The molecule has 1 heterocycles. The fraction of sp³-hybridized carbons (Fsp3) is 0.500. The van der Waals surface area contributed by atoms with E-state index >= 15 is 0 Å². The fourth-order valence-corrected chi connectivity index (χ4v) is 3.13. The summed E-state index contributed by atoms with van der Waals surface area (Å²) >= 11 is 0. The first-order chi connectivity index (χ1) is 9.82. The number of nitrogens with zero attached hydrogens (tertiary/aromatic N) is 3. The highest BCUT2D eigenvalue weighted by atomic mass is 32.2. The van der Waals surface area contributed by atoms with E-state index in [9.17, 15) is 18.5 Å². The molecule has 21 heavy (non-hydrogen) atoms. The summed E-state index contributed by atoms with van der Waals surface area (Å²) < 4.78 is 29.3. The number of nitro groups is 1. The van der Waals surface area contributed by atoms with E-state index in [2.05, 4.69) is 0 Å². The summed E-state index contributed by atoms with van der Waals surface area (Å²) in [5, 5.41) is 11.2. The molecular weight excluding hydrogens is 298 g/mol. The Labute approximate surface area is 123 Å². The number of nitro benzene ring substituents is 1. The number of sulfonamides is 1. The molecular formula is C12H17N3O5S. The van der Waals surface area contributed by atoms with Crippen LogP contribution in [0.1, 0.15) is 0 Å². The second-order valence-electron chi connectivity index (χ2n) is 4.76. The molecule has 1 fully saturated rings. The SMILES string of the molecule is COc1ccc(N2CCN(S(C)(=O)=O)CC2)c([N+](=O)[O-])c1. The van der Waals surface area contributed by atoms with E-state index in [1.165, 1.54) is 23.7 Å². The Bertz CT molecular complexity index is 638. The van der Waals surface area contributed by atoms with Crippen LogP contribution in [0.15, 0.2) is 18.2 Å². The first-order valence-corrected chi connectivity index (χ1v) is 8.20. The number of hydrogen-bond donors (Lipinski definition) is 0. The van der Waals surface area contributed by atoms with E-state index in [0.29, 0.717) is 37.6 Å². The van der Waals surface area contributed by atoms with Crippen molar-refractivity contribution >= 4 is 21.4 Å². The van der Waals surface area contributed by atoms with Gasteiger partial charge in [-0.1, -0.05) is 0 Å². The predicted molar refractivity (Wildman–Crippen MR) is 78.3 cm³/mol. The van der Waals surface area contributed by atoms with Gasteiger partial charge >= 0.3 is 0 Å². The van der Waals surface area contributed by atoms with Crippen LogP contribution in [0.4, 0.5) is 11.4 Å². The van der Waals surface area contributed by atoms with Gasteiger partial charge in [0.05, 0.1) is 24.4 Å². The number of ether oxygens (including phenoxy) is 1. The van der Waals surface area contributed by atoms with E-state index < -0.39 is 14.9 Å². The second-order valence-corrected chi connectivity index (χ2v) is 6.74. The summed E-state index contributed by atoms with van der Waals surface area (Å²) in [4.78, 5) is 12.5. The lowest BCUT2D eigenvalue weighted by atomic mass is 10.2. The Balaban J connectivity index is 2.22.